The van der Waals surface area contributed by atoms with Gasteiger partial charge in [-0.1, -0.05) is 17.7 Å². The van der Waals surface area contributed by atoms with Crippen molar-refractivity contribution < 1.29 is 27.4 Å². The standard InChI is InChI=1S/C26H25ClF3N3O3/c1-35-18-3-5-23-20(13-18)19(6-9-31-23)24-15-33(25(34)36-24)17-7-10-32(11-8-17)14-16-2-4-22(27)21(12-16)26(28,29)30/h2-6,9,12-13,17,24H,7-8,10-11,14-15H2,1H3. The third kappa shape index (κ3) is 4.95. The summed E-state index contributed by atoms with van der Waals surface area (Å²) in [6.07, 6.45) is -2.11. The molecule has 0 saturated carbocycles. The Morgan fingerprint density at radius 3 is 2.64 bits per heavy atom. The highest BCUT2D eigenvalue weighted by Crippen LogP contribution is 2.37. The van der Waals surface area contributed by atoms with E-state index in [1.165, 1.54) is 6.07 Å². The Morgan fingerprint density at radius 1 is 1.14 bits per heavy atom. The molecule has 1 atom stereocenters. The number of amides is 1. The van der Waals surface area contributed by atoms with Gasteiger partial charge in [0.15, 0.2) is 0 Å². The number of nitrogens with zero attached hydrogens (tertiary/aromatic N) is 3. The van der Waals surface area contributed by atoms with Crippen molar-refractivity contribution >= 4 is 28.6 Å². The Morgan fingerprint density at radius 2 is 1.92 bits per heavy atom. The lowest BCUT2D eigenvalue weighted by atomic mass is 10.0. The lowest BCUT2D eigenvalue weighted by Crippen LogP contribution is -2.45. The highest BCUT2D eigenvalue weighted by Gasteiger charge is 2.39. The van der Waals surface area contributed by atoms with E-state index in [-0.39, 0.29) is 17.2 Å². The third-order valence-electron chi connectivity index (χ3n) is 6.91. The molecular weight excluding hydrogens is 495 g/mol. The van der Waals surface area contributed by atoms with Crippen molar-refractivity contribution in [1.82, 2.24) is 14.8 Å². The number of alkyl halides is 3. The number of halogens is 4. The number of ether oxygens (including phenoxy) is 2. The van der Waals surface area contributed by atoms with Gasteiger partial charge in [-0.3, -0.25) is 9.88 Å². The molecule has 0 spiro atoms. The molecule has 2 aliphatic rings. The van der Waals surface area contributed by atoms with Crippen LogP contribution in [0.15, 0.2) is 48.7 Å². The number of rotatable bonds is 5. The van der Waals surface area contributed by atoms with Crippen LogP contribution in [0.3, 0.4) is 0 Å². The number of hydrogen-bond acceptors (Lipinski definition) is 5. The molecule has 3 heterocycles. The molecule has 2 aliphatic heterocycles. The topological polar surface area (TPSA) is 54.9 Å². The Kier molecular flexibility index (Phi) is 6.70. The molecule has 6 nitrogen and oxygen atoms in total. The molecule has 190 valence electrons. The third-order valence-corrected chi connectivity index (χ3v) is 7.24. The van der Waals surface area contributed by atoms with E-state index >= 15 is 0 Å². The molecule has 0 aliphatic carbocycles. The van der Waals surface area contributed by atoms with Gasteiger partial charge in [0, 0.05) is 42.8 Å². The first-order chi connectivity index (χ1) is 17.2. The number of carbonyl (C=O) groups is 1. The number of piperidine rings is 1. The highest BCUT2D eigenvalue weighted by atomic mass is 35.5. The van der Waals surface area contributed by atoms with E-state index in [4.69, 9.17) is 21.1 Å². The zero-order valence-electron chi connectivity index (χ0n) is 19.6. The molecular formula is C26H25ClF3N3O3. The van der Waals surface area contributed by atoms with Crippen LogP contribution < -0.4 is 4.74 Å². The molecule has 0 radical (unpaired) electrons. The zero-order valence-corrected chi connectivity index (χ0v) is 20.4. The lowest BCUT2D eigenvalue weighted by molar-refractivity contribution is -0.137. The average molecular weight is 520 g/mol. The van der Waals surface area contributed by atoms with Gasteiger partial charge >= 0.3 is 12.3 Å². The fourth-order valence-electron chi connectivity index (χ4n) is 5.03. The highest BCUT2D eigenvalue weighted by molar-refractivity contribution is 6.31. The summed E-state index contributed by atoms with van der Waals surface area (Å²) >= 11 is 5.74. The van der Waals surface area contributed by atoms with Gasteiger partial charge in [-0.25, -0.2) is 4.79 Å². The molecule has 1 aromatic heterocycles. The van der Waals surface area contributed by atoms with Crippen LogP contribution in [0.2, 0.25) is 5.02 Å². The summed E-state index contributed by atoms with van der Waals surface area (Å²) in [5.74, 6) is 0.702. The maximum atomic E-state index is 13.2. The number of hydrogen-bond donors (Lipinski definition) is 0. The average Bonchev–Trinajstić information content (AvgIpc) is 3.25. The van der Waals surface area contributed by atoms with Crippen molar-refractivity contribution in [2.75, 3.05) is 26.7 Å². The molecule has 2 saturated heterocycles. The van der Waals surface area contributed by atoms with Gasteiger partial charge in [-0.2, -0.15) is 13.2 Å². The van der Waals surface area contributed by atoms with Crippen LogP contribution in [0.1, 0.15) is 35.6 Å². The largest absolute Gasteiger partial charge is 0.497 e. The molecule has 2 fully saturated rings. The zero-order chi connectivity index (χ0) is 25.4. The van der Waals surface area contributed by atoms with Crippen molar-refractivity contribution in [2.45, 2.75) is 37.7 Å². The van der Waals surface area contributed by atoms with Crippen molar-refractivity contribution in [3.63, 3.8) is 0 Å². The number of methoxy groups -OCH3 is 1. The van der Waals surface area contributed by atoms with Gasteiger partial charge in [0.1, 0.15) is 11.9 Å². The molecule has 0 bridgehead atoms. The first-order valence-corrected chi connectivity index (χ1v) is 12.1. The monoisotopic (exact) mass is 519 g/mol. The number of cyclic esters (lactones) is 1. The van der Waals surface area contributed by atoms with E-state index in [9.17, 15) is 18.0 Å². The second-order valence-electron chi connectivity index (χ2n) is 9.13. The number of likely N-dealkylation sites (tertiary alicyclic amines) is 1. The van der Waals surface area contributed by atoms with E-state index in [0.29, 0.717) is 50.3 Å². The number of benzene rings is 2. The summed E-state index contributed by atoms with van der Waals surface area (Å²) < 4.78 is 50.7. The van der Waals surface area contributed by atoms with E-state index in [2.05, 4.69) is 9.88 Å². The molecule has 3 aromatic rings. The minimum absolute atomic E-state index is 0.0114. The summed E-state index contributed by atoms with van der Waals surface area (Å²) in [6, 6.07) is 11.5. The van der Waals surface area contributed by atoms with E-state index in [1.54, 1.807) is 24.3 Å². The maximum Gasteiger partial charge on any atom is 0.417 e. The predicted molar refractivity (Wildman–Crippen MR) is 129 cm³/mol. The normalized spacial score (nSPS) is 19.6. The van der Waals surface area contributed by atoms with Crippen LogP contribution in [0.4, 0.5) is 18.0 Å². The van der Waals surface area contributed by atoms with Gasteiger partial charge in [0.2, 0.25) is 0 Å². The SMILES string of the molecule is COc1ccc2nccc(C3CN(C4CCN(Cc5ccc(Cl)c(C(F)(F)F)c5)CC4)C(=O)O3)c2c1. The summed E-state index contributed by atoms with van der Waals surface area (Å²) in [5, 5.41) is 0.583. The summed E-state index contributed by atoms with van der Waals surface area (Å²) in [4.78, 5) is 21.1. The quantitative estimate of drug-likeness (QED) is 0.409. The second kappa shape index (κ2) is 9.78. The Labute approximate surface area is 211 Å². The fourth-order valence-corrected chi connectivity index (χ4v) is 5.25. The summed E-state index contributed by atoms with van der Waals surface area (Å²) in [5.41, 5.74) is 1.43. The maximum absolute atomic E-state index is 13.2. The van der Waals surface area contributed by atoms with Crippen LogP contribution in [0.25, 0.3) is 10.9 Å². The number of fused-ring (bicyclic) bond motifs is 1. The van der Waals surface area contributed by atoms with Crippen LogP contribution in [0.5, 0.6) is 5.75 Å². The number of carbonyl (C=O) groups excluding carboxylic acids is 1. The molecule has 5 rings (SSSR count). The van der Waals surface area contributed by atoms with Gasteiger partial charge in [-0.05, 0) is 54.8 Å². The first kappa shape index (κ1) is 24.6. The van der Waals surface area contributed by atoms with Gasteiger partial charge in [0.25, 0.3) is 0 Å². The smallest absolute Gasteiger partial charge is 0.417 e. The molecule has 2 aromatic carbocycles. The molecule has 36 heavy (non-hydrogen) atoms. The first-order valence-electron chi connectivity index (χ1n) is 11.7. The van der Waals surface area contributed by atoms with E-state index in [1.807, 2.05) is 24.3 Å². The van der Waals surface area contributed by atoms with Gasteiger partial charge < -0.3 is 14.4 Å². The Bertz CT molecular complexity index is 1280. The van der Waals surface area contributed by atoms with Crippen molar-refractivity contribution in [2.24, 2.45) is 0 Å². The van der Waals surface area contributed by atoms with Gasteiger partial charge in [0.05, 0.1) is 29.8 Å². The Balaban J connectivity index is 1.23. The van der Waals surface area contributed by atoms with Crippen molar-refractivity contribution in [3.8, 4) is 5.75 Å². The minimum Gasteiger partial charge on any atom is -0.497 e. The summed E-state index contributed by atoms with van der Waals surface area (Å²) in [6.45, 7) is 2.16. The second-order valence-corrected chi connectivity index (χ2v) is 9.53. The van der Waals surface area contributed by atoms with Crippen LogP contribution in [0, 0.1) is 0 Å². The molecule has 1 unspecified atom stereocenters. The van der Waals surface area contributed by atoms with Crippen LogP contribution in [-0.2, 0) is 17.5 Å². The molecule has 0 N–H and O–H groups in total. The molecule has 10 heteroatoms. The molecule has 1 amide bonds. The lowest BCUT2D eigenvalue weighted by Gasteiger charge is -2.35. The number of pyridine rings is 1. The van der Waals surface area contributed by atoms with Crippen molar-refractivity contribution in [1.29, 1.82) is 0 Å². The predicted octanol–water partition coefficient (Wildman–Crippen LogP) is 6.07. The minimum atomic E-state index is -4.49. The fraction of sp³-hybridized carbons (Fsp3) is 0.385. The summed E-state index contributed by atoms with van der Waals surface area (Å²) in [7, 11) is 1.60. The van der Waals surface area contributed by atoms with E-state index < -0.39 is 17.8 Å². The van der Waals surface area contributed by atoms with Crippen LogP contribution in [-0.4, -0.2) is 53.7 Å². The van der Waals surface area contributed by atoms with Crippen molar-refractivity contribution in [3.05, 3.63) is 70.4 Å². The number of aromatic nitrogens is 1. The van der Waals surface area contributed by atoms with E-state index in [0.717, 1.165) is 22.5 Å². The van der Waals surface area contributed by atoms with Gasteiger partial charge in [-0.15, -0.1) is 0 Å². The van der Waals surface area contributed by atoms with Crippen LogP contribution >= 0.6 is 11.6 Å². The Hall–Kier alpha value is -3.04.